The molecule has 0 saturated carbocycles. The van der Waals surface area contributed by atoms with Crippen molar-refractivity contribution in [3.63, 3.8) is 0 Å². The molecule has 0 aliphatic carbocycles. The molecule has 1 aromatic rings. The lowest BCUT2D eigenvalue weighted by Gasteiger charge is -2.19. The maximum absolute atomic E-state index is 12.2. The smallest absolute Gasteiger partial charge is 0.406 e. The molecule has 0 atom stereocenters. The number of carbonyl (C=O) groups is 1. The molecule has 0 aliphatic heterocycles. The van der Waals surface area contributed by atoms with Gasteiger partial charge in [-0.15, -0.1) is 0 Å². The van der Waals surface area contributed by atoms with Gasteiger partial charge in [0.25, 0.3) is 15.0 Å². The van der Waals surface area contributed by atoms with Crippen LogP contribution in [0, 0.1) is 0 Å². The van der Waals surface area contributed by atoms with Gasteiger partial charge in [0, 0.05) is 23.3 Å². The Hall–Kier alpha value is -1.48. The first-order chi connectivity index (χ1) is 9.45. The predicted molar refractivity (Wildman–Crippen MR) is 69.0 cm³/mol. The quantitative estimate of drug-likeness (QED) is 0.785. The zero-order valence-electron chi connectivity index (χ0n) is 10.9. The number of hydrogen-bond donors (Lipinski definition) is 0. The SMILES string of the molecule is COc1ccc(C(=O)N(C)CC(F)(F)F)cc1S(=O)(=O)Cl. The van der Waals surface area contributed by atoms with Gasteiger partial charge in [0.05, 0.1) is 7.11 Å². The first-order valence-corrected chi connectivity index (χ1v) is 7.71. The lowest BCUT2D eigenvalue weighted by atomic mass is 10.2. The highest BCUT2D eigenvalue weighted by Crippen LogP contribution is 2.28. The van der Waals surface area contributed by atoms with Crippen LogP contribution in [0.5, 0.6) is 5.75 Å². The van der Waals surface area contributed by atoms with Gasteiger partial charge in [-0.1, -0.05) is 0 Å². The van der Waals surface area contributed by atoms with E-state index >= 15 is 0 Å². The van der Waals surface area contributed by atoms with E-state index < -0.39 is 32.6 Å². The highest BCUT2D eigenvalue weighted by atomic mass is 35.7. The lowest BCUT2D eigenvalue weighted by molar-refractivity contribution is -0.138. The largest absolute Gasteiger partial charge is 0.495 e. The van der Waals surface area contributed by atoms with Gasteiger partial charge in [0.2, 0.25) is 0 Å². The minimum absolute atomic E-state index is 0.111. The van der Waals surface area contributed by atoms with Crippen LogP contribution in [-0.2, 0) is 9.05 Å². The molecule has 0 bridgehead atoms. The summed E-state index contributed by atoms with van der Waals surface area (Å²) < 4.78 is 64.2. The number of hydrogen-bond acceptors (Lipinski definition) is 4. The van der Waals surface area contributed by atoms with E-state index in [0.717, 1.165) is 25.2 Å². The molecular weight excluding hydrogens is 335 g/mol. The first-order valence-electron chi connectivity index (χ1n) is 5.40. The highest BCUT2D eigenvalue weighted by molar-refractivity contribution is 8.13. The molecule has 10 heteroatoms. The maximum Gasteiger partial charge on any atom is 0.406 e. The van der Waals surface area contributed by atoms with E-state index in [-0.39, 0.29) is 11.3 Å². The molecule has 0 heterocycles. The molecule has 0 saturated heterocycles. The van der Waals surface area contributed by atoms with Gasteiger partial charge in [0.1, 0.15) is 17.2 Å². The Morgan fingerprint density at radius 3 is 2.38 bits per heavy atom. The maximum atomic E-state index is 12.2. The summed E-state index contributed by atoms with van der Waals surface area (Å²) in [5.41, 5.74) is -0.248. The summed E-state index contributed by atoms with van der Waals surface area (Å²) in [6.07, 6.45) is -4.56. The van der Waals surface area contributed by atoms with Crippen LogP contribution in [0.4, 0.5) is 13.2 Å². The van der Waals surface area contributed by atoms with E-state index in [1.165, 1.54) is 7.11 Å². The van der Waals surface area contributed by atoms with Crippen molar-refractivity contribution in [1.29, 1.82) is 0 Å². The molecular formula is C11H11ClF3NO4S. The first kappa shape index (κ1) is 17.6. The molecule has 21 heavy (non-hydrogen) atoms. The minimum Gasteiger partial charge on any atom is -0.495 e. The van der Waals surface area contributed by atoms with E-state index in [1.54, 1.807) is 0 Å². The Kier molecular flexibility index (Phi) is 5.11. The Morgan fingerprint density at radius 1 is 1.38 bits per heavy atom. The number of carbonyl (C=O) groups excluding carboxylic acids is 1. The molecule has 0 N–H and O–H groups in total. The average molecular weight is 346 g/mol. The molecule has 0 fully saturated rings. The summed E-state index contributed by atoms with van der Waals surface area (Å²) in [4.78, 5) is 11.8. The van der Waals surface area contributed by atoms with Crippen LogP contribution in [0.3, 0.4) is 0 Å². The van der Waals surface area contributed by atoms with Crippen LogP contribution in [0.25, 0.3) is 0 Å². The third kappa shape index (κ3) is 4.78. The van der Waals surface area contributed by atoms with Crippen molar-refractivity contribution in [2.24, 2.45) is 0 Å². The number of amides is 1. The fourth-order valence-electron chi connectivity index (χ4n) is 1.56. The van der Waals surface area contributed by atoms with E-state index in [9.17, 15) is 26.4 Å². The van der Waals surface area contributed by atoms with Crippen LogP contribution in [-0.4, -0.2) is 46.1 Å². The van der Waals surface area contributed by atoms with Crippen molar-refractivity contribution in [2.75, 3.05) is 20.7 Å². The second-order valence-corrected chi connectivity index (χ2v) is 6.61. The molecule has 1 amide bonds. The number of halogens is 4. The van der Waals surface area contributed by atoms with E-state index in [4.69, 9.17) is 15.4 Å². The summed E-state index contributed by atoms with van der Waals surface area (Å²) in [6.45, 7) is -1.46. The normalized spacial score (nSPS) is 12.1. The Labute approximate surface area is 123 Å². The average Bonchev–Trinajstić information content (AvgIpc) is 2.34. The second kappa shape index (κ2) is 6.10. The molecule has 0 aliphatic rings. The number of methoxy groups -OCH3 is 1. The number of rotatable bonds is 4. The molecule has 1 aromatic carbocycles. The molecule has 0 aromatic heterocycles. The van der Waals surface area contributed by atoms with Gasteiger partial charge in [-0.25, -0.2) is 8.42 Å². The summed E-state index contributed by atoms with van der Waals surface area (Å²) in [7, 11) is 3.13. The van der Waals surface area contributed by atoms with Crippen molar-refractivity contribution in [3.05, 3.63) is 23.8 Å². The third-order valence-electron chi connectivity index (χ3n) is 2.44. The van der Waals surface area contributed by atoms with Crippen molar-refractivity contribution < 1.29 is 31.1 Å². The van der Waals surface area contributed by atoms with Crippen LogP contribution >= 0.6 is 10.7 Å². The van der Waals surface area contributed by atoms with Crippen LogP contribution in [0.1, 0.15) is 10.4 Å². The van der Waals surface area contributed by atoms with Gasteiger partial charge in [-0.2, -0.15) is 13.2 Å². The molecule has 1 rings (SSSR count). The van der Waals surface area contributed by atoms with Gasteiger partial charge in [0.15, 0.2) is 0 Å². The molecule has 0 spiro atoms. The fourth-order valence-corrected chi connectivity index (χ4v) is 2.58. The number of ether oxygens (including phenoxy) is 1. The second-order valence-electron chi connectivity index (χ2n) is 4.08. The lowest BCUT2D eigenvalue weighted by Crippen LogP contribution is -2.35. The summed E-state index contributed by atoms with van der Waals surface area (Å²) in [5.74, 6) is -1.10. The van der Waals surface area contributed by atoms with Crippen molar-refractivity contribution in [2.45, 2.75) is 11.1 Å². The molecule has 5 nitrogen and oxygen atoms in total. The summed E-state index contributed by atoms with van der Waals surface area (Å²) in [5, 5.41) is 0. The van der Waals surface area contributed by atoms with Crippen LogP contribution < -0.4 is 4.74 Å². The van der Waals surface area contributed by atoms with Crippen LogP contribution in [0.2, 0.25) is 0 Å². The topological polar surface area (TPSA) is 63.7 Å². The van der Waals surface area contributed by atoms with Crippen molar-refractivity contribution >= 4 is 25.6 Å². The Bertz CT molecular complexity index is 645. The fraction of sp³-hybridized carbons (Fsp3) is 0.364. The Morgan fingerprint density at radius 2 is 1.95 bits per heavy atom. The van der Waals surface area contributed by atoms with E-state index in [1.807, 2.05) is 0 Å². The highest BCUT2D eigenvalue weighted by Gasteiger charge is 2.32. The van der Waals surface area contributed by atoms with Gasteiger partial charge in [-0.05, 0) is 18.2 Å². The third-order valence-corrected chi connectivity index (χ3v) is 3.78. The number of nitrogens with zero attached hydrogens (tertiary/aromatic N) is 1. The zero-order valence-corrected chi connectivity index (χ0v) is 12.5. The van der Waals surface area contributed by atoms with Crippen molar-refractivity contribution in [3.8, 4) is 5.75 Å². The zero-order chi connectivity index (χ0) is 16.4. The minimum atomic E-state index is -4.56. The standard InChI is InChI=1S/C11H11ClF3NO4S/c1-16(6-11(13,14)15)10(17)7-3-4-8(20-2)9(5-7)21(12,18)19/h3-5H,6H2,1-2H3. The number of alkyl halides is 3. The molecule has 0 radical (unpaired) electrons. The van der Waals surface area contributed by atoms with Crippen molar-refractivity contribution in [1.82, 2.24) is 4.90 Å². The van der Waals surface area contributed by atoms with Gasteiger partial charge in [-0.3, -0.25) is 4.79 Å². The van der Waals surface area contributed by atoms with Crippen LogP contribution in [0.15, 0.2) is 23.1 Å². The monoisotopic (exact) mass is 345 g/mol. The Balaban J connectivity index is 3.18. The van der Waals surface area contributed by atoms with Gasteiger partial charge >= 0.3 is 6.18 Å². The summed E-state index contributed by atoms with van der Waals surface area (Å²) in [6, 6.07) is 3.17. The van der Waals surface area contributed by atoms with E-state index in [0.29, 0.717) is 4.90 Å². The molecule has 118 valence electrons. The summed E-state index contributed by atoms with van der Waals surface area (Å²) >= 11 is 0. The van der Waals surface area contributed by atoms with E-state index in [2.05, 4.69) is 0 Å². The molecule has 0 unspecified atom stereocenters. The predicted octanol–water partition coefficient (Wildman–Crippen LogP) is 2.26. The van der Waals surface area contributed by atoms with Gasteiger partial charge < -0.3 is 9.64 Å². The number of benzene rings is 1.